The van der Waals surface area contributed by atoms with Crippen LogP contribution >= 0.6 is 0 Å². The van der Waals surface area contributed by atoms with Crippen LogP contribution < -0.4 is 15.8 Å². The molecule has 0 aliphatic rings. The smallest absolute Gasteiger partial charge is 0.229 e. The van der Waals surface area contributed by atoms with Crippen molar-refractivity contribution in [2.75, 3.05) is 22.0 Å². The van der Waals surface area contributed by atoms with Gasteiger partial charge in [0.25, 0.3) is 0 Å². The van der Waals surface area contributed by atoms with Crippen LogP contribution in [0.4, 0.5) is 21.6 Å². The lowest BCUT2D eigenvalue weighted by Crippen LogP contribution is -2.19. The summed E-state index contributed by atoms with van der Waals surface area (Å²) in [4.78, 5) is 8.91. The molecule has 0 bridgehead atoms. The maximum Gasteiger partial charge on any atom is 0.229 e. The van der Waals surface area contributed by atoms with Crippen molar-refractivity contribution in [2.45, 2.75) is 19.4 Å². The van der Waals surface area contributed by atoms with Gasteiger partial charge < -0.3 is 11.1 Å². The van der Waals surface area contributed by atoms with Gasteiger partial charge in [0, 0.05) is 35.4 Å². The van der Waals surface area contributed by atoms with Crippen LogP contribution in [0.1, 0.15) is 29.9 Å². The van der Waals surface area contributed by atoms with Crippen molar-refractivity contribution in [3.05, 3.63) is 95.7 Å². The lowest BCUT2D eigenvalue weighted by Gasteiger charge is -2.21. The van der Waals surface area contributed by atoms with Gasteiger partial charge >= 0.3 is 0 Å². The molecule has 5 aromatic rings. The Morgan fingerprint density at radius 3 is 2.64 bits per heavy atom. The maximum absolute atomic E-state index is 15.4. The molecule has 11 heteroatoms. The van der Waals surface area contributed by atoms with Crippen molar-refractivity contribution in [3.8, 4) is 11.4 Å². The molecule has 2 heterocycles. The van der Waals surface area contributed by atoms with Crippen LogP contribution in [0, 0.1) is 5.82 Å². The number of nitrogen functional groups attached to an aromatic ring is 1. The fourth-order valence-electron chi connectivity index (χ4n) is 4.50. The molecule has 0 saturated heterocycles. The van der Waals surface area contributed by atoms with Crippen molar-refractivity contribution in [1.29, 1.82) is 0 Å². The Balaban J connectivity index is 1.63. The van der Waals surface area contributed by atoms with Crippen LogP contribution in [0.5, 0.6) is 0 Å². The lowest BCUT2D eigenvalue weighted by atomic mass is 10.0. The van der Waals surface area contributed by atoms with Crippen molar-refractivity contribution in [2.24, 2.45) is 7.05 Å². The number of nitrogens with zero attached hydrogens (tertiary/aromatic N) is 4. The molecule has 0 radical (unpaired) electrons. The normalized spacial score (nSPS) is 12.4. The van der Waals surface area contributed by atoms with E-state index in [0.717, 1.165) is 34.7 Å². The van der Waals surface area contributed by atoms with Crippen molar-refractivity contribution < 1.29 is 12.8 Å². The van der Waals surface area contributed by atoms with E-state index >= 15 is 4.39 Å². The molecule has 1 atom stereocenters. The van der Waals surface area contributed by atoms with E-state index in [1.165, 1.54) is 6.07 Å². The number of pyridine rings is 1. The van der Waals surface area contributed by atoms with Gasteiger partial charge in [0.05, 0.1) is 11.9 Å². The Bertz CT molecular complexity index is 1790. The molecule has 200 valence electrons. The zero-order chi connectivity index (χ0) is 27.7. The van der Waals surface area contributed by atoms with Gasteiger partial charge in [0.15, 0.2) is 11.6 Å². The first-order valence-corrected chi connectivity index (χ1v) is 14.2. The fraction of sp³-hybridized carbons (Fsp3) is 0.179. The van der Waals surface area contributed by atoms with Crippen molar-refractivity contribution in [3.63, 3.8) is 0 Å². The van der Waals surface area contributed by atoms with Crippen LogP contribution in [0.15, 0.2) is 72.9 Å². The fourth-order valence-corrected chi connectivity index (χ4v) is 5.08. The van der Waals surface area contributed by atoms with Crippen LogP contribution in [0.2, 0.25) is 0 Å². The molecule has 2 aromatic heterocycles. The summed E-state index contributed by atoms with van der Waals surface area (Å²) in [6.45, 7) is 2.01. The number of hydrogen-bond donors (Lipinski definition) is 3. The second kappa shape index (κ2) is 10.3. The number of hydrogen-bond acceptors (Lipinski definition) is 7. The summed E-state index contributed by atoms with van der Waals surface area (Å²) in [6, 6.07) is 18.7. The number of rotatable bonds is 8. The minimum atomic E-state index is -3.53. The molecular formula is C28H28FN7O2S. The molecular weight excluding hydrogens is 517 g/mol. The number of aromatic nitrogens is 4. The minimum Gasteiger partial charge on any atom is -0.383 e. The first-order valence-electron chi connectivity index (χ1n) is 12.3. The molecule has 4 N–H and O–H groups in total. The molecule has 1 unspecified atom stereocenters. The molecule has 0 amide bonds. The number of para-hydroxylation sites is 1. The van der Waals surface area contributed by atoms with E-state index in [4.69, 9.17) is 10.7 Å². The Labute approximate surface area is 226 Å². The van der Waals surface area contributed by atoms with Gasteiger partial charge in [-0.1, -0.05) is 31.2 Å². The average molecular weight is 546 g/mol. The lowest BCUT2D eigenvalue weighted by molar-refractivity contribution is 0.589. The quantitative estimate of drug-likeness (QED) is 0.253. The van der Waals surface area contributed by atoms with Gasteiger partial charge in [-0.3, -0.25) is 9.40 Å². The highest BCUT2D eigenvalue weighted by Gasteiger charge is 2.26. The molecule has 3 aromatic carbocycles. The van der Waals surface area contributed by atoms with Crippen LogP contribution in [-0.2, 0) is 23.5 Å². The molecule has 39 heavy (non-hydrogen) atoms. The van der Waals surface area contributed by atoms with E-state index in [-0.39, 0.29) is 5.82 Å². The van der Waals surface area contributed by atoms with Gasteiger partial charge in [0.2, 0.25) is 10.0 Å². The molecule has 9 nitrogen and oxygen atoms in total. The van der Waals surface area contributed by atoms with Crippen LogP contribution in [-0.4, -0.2) is 34.4 Å². The topological polar surface area (TPSA) is 128 Å². The maximum atomic E-state index is 15.4. The number of nitrogens with two attached hydrogens (primary N) is 1. The SMILES string of the molecule is CCc1ccc(F)c(C(Nc2ccc3c(N)nccc3c2)c2nc(-c3ccccc3NS(C)(=O)=O)nn2C)c1. The van der Waals surface area contributed by atoms with E-state index in [2.05, 4.69) is 20.1 Å². The van der Waals surface area contributed by atoms with E-state index in [1.807, 2.05) is 37.3 Å². The van der Waals surface area contributed by atoms with Gasteiger partial charge in [-0.2, -0.15) is 5.10 Å². The van der Waals surface area contributed by atoms with Gasteiger partial charge in [-0.15, -0.1) is 0 Å². The summed E-state index contributed by atoms with van der Waals surface area (Å²) in [6.07, 6.45) is 3.45. The number of fused-ring (bicyclic) bond motifs is 1. The number of nitrogens with one attached hydrogen (secondary N) is 2. The van der Waals surface area contributed by atoms with Crippen LogP contribution in [0.25, 0.3) is 22.2 Å². The van der Waals surface area contributed by atoms with E-state index < -0.39 is 16.1 Å². The standard InChI is InChI=1S/C28H28FN7O2S/c1-4-17-9-12-23(29)22(15-17)25(32-19-10-11-20-18(16-19)13-14-31-26(20)30)28-33-27(34-36(28)2)21-7-5-6-8-24(21)35-39(3,37)38/h5-16,25,32,35H,4H2,1-3H3,(H2,30,31). The molecule has 0 aliphatic carbocycles. The monoisotopic (exact) mass is 545 g/mol. The summed E-state index contributed by atoms with van der Waals surface area (Å²) < 4.78 is 43.3. The van der Waals surface area contributed by atoms with Gasteiger partial charge in [0.1, 0.15) is 17.7 Å². The summed E-state index contributed by atoms with van der Waals surface area (Å²) in [5, 5.41) is 9.71. The third-order valence-electron chi connectivity index (χ3n) is 6.40. The largest absolute Gasteiger partial charge is 0.383 e. The summed E-state index contributed by atoms with van der Waals surface area (Å²) >= 11 is 0. The number of halogens is 1. The summed E-state index contributed by atoms with van der Waals surface area (Å²) in [5.74, 6) is 0.787. The molecule has 0 spiro atoms. The molecule has 0 saturated carbocycles. The first kappa shape index (κ1) is 26.1. The number of benzene rings is 3. The highest BCUT2D eigenvalue weighted by molar-refractivity contribution is 7.92. The second-order valence-corrected chi connectivity index (χ2v) is 11.0. The van der Waals surface area contributed by atoms with E-state index in [9.17, 15) is 8.42 Å². The summed E-state index contributed by atoms with van der Waals surface area (Å²) in [5.41, 5.74) is 8.98. The average Bonchev–Trinajstić information content (AvgIpc) is 3.28. The highest BCUT2D eigenvalue weighted by atomic mass is 32.2. The Morgan fingerprint density at radius 2 is 1.87 bits per heavy atom. The minimum absolute atomic E-state index is 0.301. The van der Waals surface area contributed by atoms with Crippen LogP contribution in [0.3, 0.4) is 0 Å². The summed E-state index contributed by atoms with van der Waals surface area (Å²) in [7, 11) is -1.81. The van der Waals surface area contributed by atoms with E-state index in [0.29, 0.717) is 34.3 Å². The van der Waals surface area contributed by atoms with Gasteiger partial charge in [-0.25, -0.2) is 22.8 Å². The zero-order valence-corrected chi connectivity index (χ0v) is 22.5. The highest BCUT2D eigenvalue weighted by Crippen LogP contribution is 2.33. The third-order valence-corrected chi connectivity index (χ3v) is 6.99. The molecule has 0 fully saturated rings. The Hall–Kier alpha value is -4.51. The van der Waals surface area contributed by atoms with Gasteiger partial charge in [-0.05, 0) is 59.8 Å². The Morgan fingerprint density at radius 1 is 1.08 bits per heavy atom. The van der Waals surface area contributed by atoms with Crippen molar-refractivity contribution in [1.82, 2.24) is 19.7 Å². The van der Waals surface area contributed by atoms with E-state index in [1.54, 1.807) is 48.3 Å². The predicted molar refractivity (Wildman–Crippen MR) is 152 cm³/mol. The number of sulfonamides is 1. The number of aryl methyl sites for hydroxylation is 2. The first-order chi connectivity index (χ1) is 18.6. The predicted octanol–water partition coefficient (Wildman–Crippen LogP) is 4.89. The molecule has 0 aliphatic heterocycles. The second-order valence-electron chi connectivity index (χ2n) is 9.26. The Kier molecular flexibility index (Phi) is 6.92. The third kappa shape index (κ3) is 5.53. The zero-order valence-electron chi connectivity index (χ0n) is 21.7. The molecule has 5 rings (SSSR count). The van der Waals surface area contributed by atoms with Crippen molar-refractivity contribution >= 4 is 38.0 Å². The number of anilines is 3.